The van der Waals surface area contributed by atoms with Crippen molar-refractivity contribution in [3.05, 3.63) is 47.7 Å². The number of fused-ring (bicyclic) bond motifs is 1. The summed E-state index contributed by atoms with van der Waals surface area (Å²) in [4.78, 5) is 47.5. The first-order valence-electron chi connectivity index (χ1n) is 9.40. The summed E-state index contributed by atoms with van der Waals surface area (Å²) in [5.74, 6) is -2.19. The fourth-order valence-corrected chi connectivity index (χ4v) is 3.61. The van der Waals surface area contributed by atoms with E-state index in [9.17, 15) is 14.4 Å². The lowest BCUT2D eigenvalue weighted by molar-refractivity contribution is -0.140. The second-order valence-electron chi connectivity index (χ2n) is 6.75. The molecular formula is C20H20N6O5S. The molecule has 32 heavy (non-hydrogen) atoms. The minimum absolute atomic E-state index is 0.0830. The number of pyridine rings is 1. The molecule has 0 saturated carbocycles. The van der Waals surface area contributed by atoms with Gasteiger partial charge in [0.2, 0.25) is 5.95 Å². The molecule has 166 valence electrons. The summed E-state index contributed by atoms with van der Waals surface area (Å²) >= 11 is 1.48. The molecule has 0 aliphatic rings. The number of carbonyl (C=O) groups excluding carboxylic acids is 1. The third-order valence-corrected chi connectivity index (χ3v) is 5.44. The SMILES string of the molecule is Nc1nc(N)c2nc(CSc3ccc(C(=O)NC(CCC(=O)O)C(=O)O)cc3)ccc2n1. The predicted octanol–water partition coefficient (Wildman–Crippen LogP) is 1.53. The van der Waals surface area contributed by atoms with E-state index in [0.29, 0.717) is 16.8 Å². The summed E-state index contributed by atoms with van der Waals surface area (Å²) in [7, 11) is 0. The van der Waals surface area contributed by atoms with Crippen LogP contribution in [-0.2, 0) is 15.3 Å². The van der Waals surface area contributed by atoms with E-state index >= 15 is 0 Å². The van der Waals surface area contributed by atoms with Gasteiger partial charge in [-0.3, -0.25) is 9.59 Å². The van der Waals surface area contributed by atoms with E-state index in [0.717, 1.165) is 10.6 Å². The van der Waals surface area contributed by atoms with E-state index in [1.165, 1.54) is 11.8 Å². The quantitative estimate of drug-likeness (QED) is 0.293. The van der Waals surface area contributed by atoms with Crippen molar-refractivity contribution in [2.24, 2.45) is 0 Å². The smallest absolute Gasteiger partial charge is 0.326 e. The molecule has 7 N–H and O–H groups in total. The highest BCUT2D eigenvalue weighted by molar-refractivity contribution is 7.98. The van der Waals surface area contributed by atoms with E-state index in [1.807, 2.05) is 6.07 Å². The number of rotatable bonds is 9. The Balaban J connectivity index is 1.62. The first-order chi connectivity index (χ1) is 15.2. The average Bonchev–Trinajstić information content (AvgIpc) is 2.75. The van der Waals surface area contributed by atoms with Crippen molar-refractivity contribution in [2.45, 2.75) is 29.5 Å². The maximum absolute atomic E-state index is 12.3. The van der Waals surface area contributed by atoms with E-state index in [1.54, 1.807) is 30.3 Å². The van der Waals surface area contributed by atoms with Gasteiger partial charge < -0.3 is 27.0 Å². The van der Waals surface area contributed by atoms with Crippen LogP contribution in [0.15, 0.2) is 41.3 Å². The highest BCUT2D eigenvalue weighted by Gasteiger charge is 2.21. The Kier molecular flexibility index (Phi) is 7.05. The summed E-state index contributed by atoms with van der Waals surface area (Å²) < 4.78 is 0. The average molecular weight is 456 g/mol. The van der Waals surface area contributed by atoms with Crippen LogP contribution in [-0.4, -0.2) is 49.1 Å². The number of nitrogens with one attached hydrogen (secondary N) is 1. The number of hydrogen-bond acceptors (Lipinski definition) is 9. The fourth-order valence-electron chi connectivity index (χ4n) is 2.80. The van der Waals surface area contributed by atoms with Gasteiger partial charge in [0.1, 0.15) is 11.6 Å². The van der Waals surface area contributed by atoms with Gasteiger partial charge in [0.05, 0.1) is 11.2 Å². The molecule has 0 fully saturated rings. The van der Waals surface area contributed by atoms with Gasteiger partial charge in [0.15, 0.2) is 5.82 Å². The number of hydrogen-bond donors (Lipinski definition) is 5. The van der Waals surface area contributed by atoms with Crippen LogP contribution in [0.2, 0.25) is 0 Å². The van der Waals surface area contributed by atoms with Crippen molar-refractivity contribution >= 4 is 52.4 Å². The van der Waals surface area contributed by atoms with Crippen molar-refractivity contribution < 1.29 is 24.6 Å². The number of amides is 1. The Morgan fingerprint density at radius 2 is 1.72 bits per heavy atom. The molecule has 1 unspecified atom stereocenters. The maximum Gasteiger partial charge on any atom is 0.326 e. The summed E-state index contributed by atoms with van der Waals surface area (Å²) in [6.07, 6.45) is -0.563. The Morgan fingerprint density at radius 1 is 1.00 bits per heavy atom. The highest BCUT2D eigenvalue weighted by atomic mass is 32.2. The van der Waals surface area contributed by atoms with Crippen LogP contribution in [0, 0.1) is 0 Å². The fraction of sp³-hybridized carbons (Fsp3) is 0.200. The predicted molar refractivity (Wildman–Crippen MR) is 118 cm³/mol. The highest BCUT2D eigenvalue weighted by Crippen LogP contribution is 2.24. The topological polar surface area (TPSA) is 194 Å². The van der Waals surface area contributed by atoms with Gasteiger partial charge in [-0.25, -0.2) is 14.8 Å². The van der Waals surface area contributed by atoms with Crippen molar-refractivity contribution in [2.75, 3.05) is 11.5 Å². The second-order valence-corrected chi connectivity index (χ2v) is 7.80. The number of aliphatic carboxylic acids is 2. The van der Waals surface area contributed by atoms with Gasteiger partial charge >= 0.3 is 11.9 Å². The third kappa shape index (κ3) is 5.82. The summed E-state index contributed by atoms with van der Waals surface area (Å²) in [6, 6.07) is 8.89. The van der Waals surface area contributed by atoms with Crippen LogP contribution >= 0.6 is 11.8 Å². The summed E-state index contributed by atoms with van der Waals surface area (Å²) in [6.45, 7) is 0. The van der Waals surface area contributed by atoms with Gasteiger partial charge in [-0.1, -0.05) is 0 Å². The first-order valence-corrected chi connectivity index (χ1v) is 10.4. The van der Waals surface area contributed by atoms with Crippen LogP contribution in [0.3, 0.4) is 0 Å². The monoisotopic (exact) mass is 456 g/mol. The number of carboxylic acid groups (broad SMARTS) is 2. The molecule has 2 aromatic heterocycles. The Bertz CT molecular complexity index is 1170. The molecule has 1 atom stereocenters. The molecule has 3 aromatic rings. The van der Waals surface area contributed by atoms with Crippen LogP contribution in [0.25, 0.3) is 11.0 Å². The molecule has 0 bridgehead atoms. The number of thioether (sulfide) groups is 1. The van der Waals surface area contributed by atoms with Crippen LogP contribution in [0.5, 0.6) is 0 Å². The largest absolute Gasteiger partial charge is 0.481 e. The van der Waals surface area contributed by atoms with Crippen molar-refractivity contribution in [1.29, 1.82) is 0 Å². The molecule has 0 aliphatic heterocycles. The number of benzene rings is 1. The molecule has 0 spiro atoms. The third-order valence-electron chi connectivity index (χ3n) is 4.40. The lowest BCUT2D eigenvalue weighted by Crippen LogP contribution is -2.41. The number of nitrogen functional groups attached to an aromatic ring is 2. The molecule has 0 saturated heterocycles. The Morgan fingerprint density at radius 3 is 2.38 bits per heavy atom. The number of nitrogens with zero attached hydrogens (tertiary/aromatic N) is 3. The molecule has 1 aromatic carbocycles. The normalized spacial score (nSPS) is 11.8. The molecule has 0 aliphatic carbocycles. The minimum atomic E-state index is -1.29. The lowest BCUT2D eigenvalue weighted by atomic mass is 10.1. The zero-order valence-corrected chi connectivity index (χ0v) is 17.5. The lowest BCUT2D eigenvalue weighted by Gasteiger charge is -2.13. The molecule has 1 amide bonds. The van der Waals surface area contributed by atoms with E-state index in [-0.39, 0.29) is 30.2 Å². The number of anilines is 2. The zero-order valence-electron chi connectivity index (χ0n) is 16.7. The van der Waals surface area contributed by atoms with E-state index < -0.39 is 23.9 Å². The number of carboxylic acids is 2. The maximum atomic E-state index is 12.3. The Labute approximate surface area is 186 Å². The summed E-state index contributed by atoms with van der Waals surface area (Å²) in [5, 5.41) is 20.2. The molecule has 3 rings (SSSR count). The number of nitrogens with two attached hydrogens (primary N) is 2. The standard InChI is InChI=1S/C20H20N6O5S/c21-17-16-13(25-20(22)26-17)6-3-11(23-16)9-32-12-4-1-10(2-5-12)18(29)24-14(19(30)31)7-8-15(27)28/h1-6,14H,7-9H2,(H,24,29)(H,27,28)(H,30,31)(H4,21,22,25,26). The van der Waals surface area contributed by atoms with Gasteiger partial charge in [0.25, 0.3) is 5.91 Å². The Hall–Kier alpha value is -3.93. The van der Waals surface area contributed by atoms with Crippen LogP contribution in [0.4, 0.5) is 11.8 Å². The van der Waals surface area contributed by atoms with Gasteiger partial charge in [-0.2, -0.15) is 4.98 Å². The van der Waals surface area contributed by atoms with Crippen molar-refractivity contribution in [1.82, 2.24) is 20.3 Å². The molecular weight excluding hydrogens is 436 g/mol. The molecule has 0 radical (unpaired) electrons. The summed E-state index contributed by atoms with van der Waals surface area (Å²) in [5.41, 5.74) is 13.5. The molecule has 12 heteroatoms. The number of carbonyl (C=O) groups is 3. The van der Waals surface area contributed by atoms with E-state index in [4.69, 9.17) is 21.7 Å². The van der Waals surface area contributed by atoms with Gasteiger partial charge in [0, 0.05) is 22.6 Å². The second kappa shape index (κ2) is 9.92. The van der Waals surface area contributed by atoms with Gasteiger partial charge in [-0.15, -0.1) is 11.8 Å². The molecule has 2 heterocycles. The number of aromatic nitrogens is 3. The van der Waals surface area contributed by atoms with E-state index in [2.05, 4.69) is 20.3 Å². The van der Waals surface area contributed by atoms with Crippen molar-refractivity contribution in [3.63, 3.8) is 0 Å². The molecule has 11 nitrogen and oxygen atoms in total. The zero-order chi connectivity index (χ0) is 23.3. The minimum Gasteiger partial charge on any atom is -0.481 e. The first kappa shape index (κ1) is 22.7. The van der Waals surface area contributed by atoms with Crippen LogP contribution in [0.1, 0.15) is 28.9 Å². The van der Waals surface area contributed by atoms with Gasteiger partial charge in [-0.05, 0) is 42.8 Å². The van der Waals surface area contributed by atoms with Crippen molar-refractivity contribution in [3.8, 4) is 0 Å². The van der Waals surface area contributed by atoms with Crippen LogP contribution < -0.4 is 16.8 Å².